The zero-order valence-corrected chi connectivity index (χ0v) is 21.7. The number of ether oxygens (including phenoxy) is 1. The van der Waals surface area contributed by atoms with Gasteiger partial charge in [0.1, 0.15) is 17.9 Å². The van der Waals surface area contributed by atoms with Gasteiger partial charge in [-0.15, -0.1) is 0 Å². The van der Waals surface area contributed by atoms with Crippen molar-refractivity contribution in [2.75, 3.05) is 13.1 Å². The van der Waals surface area contributed by atoms with Crippen molar-refractivity contribution in [2.45, 2.75) is 62.8 Å². The first-order valence-corrected chi connectivity index (χ1v) is 13.8. The minimum Gasteiger partial charge on any atom is -0.489 e. The summed E-state index contributed by atoms with van der Waals surface area (Å²) < 4.78 is 8.39. The van der Waals surface area contributed by atoms with E-state index in [2.05, 4.69) is 39.6 Å². The molecule has 3 aliphatic heterocycles. The molecule has 9 heteroatoms. The number of carbonyl (C=O) groups is 3. The van der Waals surface area contributed by atoms with E-state index < -0.39 is 6.04 Å². The zero-order chi connectivity index (χ0) is 26.5. The van der Waals surface area contributed by atoms with E-state index in [4.69, 9.17) is 4.74 Å². The number of nitrogens with zero attached hydrogens (tertiary/aromatic N) is 4. The first-order valence-electron chi connectivity index (χ1n) is 13.8. The fourth-order valence-electron chi connectivity index (χ4n) is 6.58. The molecular formula is C30H31N5O4. The van der Waals surface area contributed by atoms with Crippen molar-refractivity contribution in [1.82, 2.24) is 24.9 Å². The number of likely N-dealkylation sites (tertiary alicyclic amines) is 1. The van der Waals surface area contributed by atoms with Gasteiger partial charge in [-0.3, -0.25) is 24.6 Å². The van der Waals surface area contributed by atoms with Crippen molar-refractivity contribution in [3.63, 3.8) is 0 Å². The van der Waals surface area contributed by atoms with Crippen LogP contribution in [0.3, 0.4) is 0 Å². The molecule has 7 rings (SSSR count). The maximum atomic E-state index is 13.0. The number of hydrogen-bond acceptors (Lipinski definition) is 6. The number of nitrogens with one attached hydrogen (secondary N) is 1. The third kappa shape index (κ3) is 4.40. The van der Waals surface area contributed by atoms with E-state index >= 15 is 0 Å². The summed E-state index contributed by atoms with van der Waals surface area (Å²) >= 11 is 0. The third-order valence-electron chi connectivity index (χ3n) is 8.71. The highest BCUT2D eigenvalue weighted by Crippen LogP contribution is 2.37. The number of rotatable bonds is 6. The lowest BCUT2D eigenvalue weighted by Gasteiger charge is -2.45. The molecule has 1 saturated carbocycles. The highest BCUT2D eigenvalue weighted by atomic mass is 16.5. The summed E-state index contributed by atoms with van der Waals surface area (Å²) in [6.07, 6.45) is 7.76. The van der Waals surface area contributed by atoms with Crippen LogP contribution in [0.15, 0.2) is 60.9 Å². The Hall–Kier alpha value is -3.98. The molecule has 1 unspecified atom stereocenters. The lowest BCUT2D eigenvalue weighted by Crippen LogP contribution is -2.54. The van der Waals surface area contributed by atoms with Crippen LogP contribution in [0.2, 0.25) is 0 Å². The van der Waals surface area contributed by atoms with Gasteiger partial charge in [-0.2, -0.15) is 5.10 Å². The number of benzene rings is 2. The van der Waals surface area contributed by atoms with Crippen LogP contribution >= 0.6 is 0 Å². The molecule has 0 bridgehead atoms. The molecule has 0 radical (unpaired) electrons. The molecule has 1 aliphatic carbocycles. The first kappa shape index (κ1) is 24.1. The van der Waals surface area contributed by atoms with Crippen LogP contribution in [-0.2, 0) is 16.1 Å². The van der Waals surface area contributed by atoms with E-state index in [0.717, 1.165) is 49.4 Å². The summed E-state index contributed by atoms with van der Waals surface area (Å²) in [6.45, 7) is 2.43. The third-order valence-corrected chi connectivity index (χ3v) is 8.71. The van der Waals surface area contributed by atoms with Crippen LogP contribution in [0.5, 0.6) is 5.75 Å². The average Bonchev–Trinajstić information content (AvgIpc) is 3.66. The Kier molecular flexibility index (Phi) is 5.96. The Morgan fingerprint density at radius 2 is 1.82 bits per heavy atom. The van der Waals surface area contributed by atoms with Crippen molar-refractivity contribution in [1.29, 1.82) is 0 Å². The van der Waals surface area contributed by atoms with Gasteiger partial charge in [-0.25, -0.2) is 4.68 Å². The summed E-state index contributed by atoms with van der Waals surface area (Å²) in [7, 11) is 0. The predicted octanol–water partition coefficient (Wildman–Crippen LogP) is 3.03. The van der Waals surface area contributed by atoms with E-state index in [9.17, 15) is 14.4 Å². The van der Waals surface area contributed by atoms with Gasteiger partial charge in [-0.1, -0.05) is 12.1 Å². The zero-order valence-electron chi connectivity index (χ0n) is 21.7. The lowest BCUT2D eigenvalue weighted by atomic mass is 9.89. The molecule has 3 atom stereocenters. The van der Waals surface area contributed by atoms with Crippen LogP contribution in [-0.4, -0.2) is 68.6 Å². The molecule has 9 nitrogen and oxygen atoms in total. The Bertz CT molecular complexity index is 1410. The van der Waals surface area contributed by atoms with E-state index in [0.29, 0.717) is 30.5 Å². The smallest absolute Gasteiger partial charge is 0.255 e. The van der Waals surface area contributed by atoms with Crippen molar-refractivity contribution in [2.24, 2.45) is 0 Å². The van der Waals surface area contributed by atoms with Crippen LogP contribution in [0.4, 0.5) is 0 Å². The summed E-state index contributed by atoms with van der Waals surface area (Å²) in [5, 5.41) is 6.66. The van der Waals surface area contributed by atoms with Gasteiger partial charge in [0.05, 0.1) is 5.69 Å². The molecule has 3 aromatic rings. The van der Waals surface area contributed by atoms with Gasteiger partial charge in [0, 0.05) is 56.0 Å². The first-order chi connectivity index (χ1) is 19.0. The summed E-state index contributed by atoms with van der Waals surface area (Å²) in [6, 6.07) is 16.0. The maximum Gasteiger partial charge on any atom is 0.255 e. The topological polar surface area (TPSA) is 96.8 Å². The van der Waals surface area contributed by atoms with E-state index in [1.807, 2.05) is 35.1 Å². The van der Waals surface area contributed by atoms with Gasteiger partial charge in [0.2, 0.25) is 11.8 Å². The van der Waals surface area contributed by atoms with Gasteiger partial charge in [0.25, 0.3) is 5.91 Å². The highest BCUT2D eigenvalue weighted by molar-refractivity contribution is 6.05. The standard InChI is InChI=1S/C30H31N5O4/c36-28-12-11-26(29(37)32-28)34-18-20-15-23(9-10-24(20)30(34)38)39-27-4-1-3-25(27)33-16-21(17-33)19-5-7-22(8-6-19)35-14-2-13-31-35/h2,5-10,13-15,21,25-27H,1,3-4,11-12,16-18H2,(H,32,36,37)/t25-,26?,27+/m0/s1. The van der Waals surface area contributed by atoms with Crippen molar-refractivity contribution in [3.05, 3.63) is 77.6 Å². The molecule has 39 heavy (non-hydrogen) atoms. The lowest BCUT2D eigenvalue weighted by molar-refractivity contribution is -0.136. The number of amides is 3. The normalized spacial score (nSPS) is 25.5. The molecule has 4 heterocycles. The fourth-order valence-corrected chi connectivity index (χ4v) is 6.58. The number of fused-ring (bicyclic) bond motifs is 1. The Balaban J connectivity index is 0.976. The monoisotopic (exact) mass is 525 g/mol. The second-order valence-electron chi connectivity index (χ2n) is 11.1. The molecule has 0 spiro atoms. The predicted molar refractivity (Wildman–Crippen MR) is 142 cm³/mol. The average molecular weight is 526 g/mol. The van der Waals surface area contributed by atoms with Crippen molar-refractivity contribution < 1.29 is 19.1 Å². The molecular weight excluding hydrogens is 494 g/mol. The summed E-state index contributed by atoms with van der Waals surface area (Å²) in [5.41, 5.74) is 3.92. The van der Waals surface area contributed by atoms with Gasteiger partial charge in [-0.05, 0) is 73.2 Å². The van der Waals surface area contributed by atoms with Crippen LogP contribution in [0, 0.1) is 0 Å². The minimum absolute atomic E-state index is 0.120. The molecule has 2 saturated heterocycles. The van der Waals surface area contributed by atoms with E-state index in [1.54, 1.807) is 11.1 Å². The Morgan fingerprint density at radius 3 is 2.59 bits per heavy atom. The van der Waals surface area contributed by atoms with Gasteiger partial charge < -0.3 is 9.64 Å². The van der Waals surface area contributed by atoms with Gasteiger partial charge >= 0.3 is 0 Å². The fraction of sp³-hybridized carbons (Fsp3) is 0.400. The number of hydrogen-bond donors (Lipinski definition) is 1. The summed E-state index contributed by atoms with van der Waals surface area (Å²) in [4.78, 5) is 41.0. The quantitative estimate of drug-likeness (QED) is 0.497. The molecule has 3 fully saturated rings. The van der Waals surface area contributed by atoms with Crippen molar-refractivity contribution >= 4 is 17.7 Å². The molecule has 200 valence electrons. The number of aromatic nitrogens is 2. The minimum atomic E-state index is -0.604. The number of imide groups is 1. The molecule has 1 N–H and O–H groups in total. The Labute approximate surface area is 226 Å². The van der Waals surface area contributed by atoms with Crippen LogP contribution in [0.1, 0.15) is 59.5 Å². The van der Waals surface area contributed by atoms with Gasteiger partial charge in [0.15, 0.2) is 0 Å². The second-order valence-corrected chi connectivity index (χ2v) is 11.1. The molecule has 1 aromatic heterocycles. The SMILES string of the molecule is O=C1CCC(N2Cc3cc(O[C@@H]4CCC[C@@H]4N4CC(c5ccc(-n6cccn6)cc5)C4)ccc3C2=O)C(=O)N1. The van der Waals surface area contributed by atoms with Crippen LogP contribution < -0.4 is 10.1 Å². The maximum absolute atomic E-state index is 13.0. The second kappa shape index (κ2) is 9.64. The largest absolute Gasteiger partial charge is 0.489 e. The number of piperidine rings is 1. The summed E-state index contributed by atoms with van der Waals surface area (Å²) in [5.74, 6) is 0.476. The highest BCUT2D eigenvalue weighted by Gasteiger charge is 2.42. The Morgan fingerprint density at radius 1 is 0.974 bits per heavy atom. The van der Waals surface area contributed by atoms with Crippen molar-refractivity contribution in [3.8, 4) is 11.4 Å². The van der Waals surface area contributed by atoms with E-state index in [1.165, 1.54) is 5.56 Å². The van der Waals surface area contributed by atoms with Crippen LogP contribution in [0.25, 0.3) is 5.69 Å². The number of carbonyl (C=O) groups excluding carboxylic acids is 3. The molecule has 3 amide bonds. The molecule has 4 aliphatic rings. The molecule has 2 aromatic carbocycles. The van der Waals surface area contributed by atoms with E-state index in [-0.39, 0.29) is 30.2 Å².